The molecule has 1 saturated heterocycles. The number of ether oxygens (including phenoxy) is 1. The molecule has 3 nitrogen and oxygen atoms in total. The van der Waals surface area contributed by atoms with Crippen molar-refractivity contribution < 1.29 is 9.53 Å². The summed E-state index contributed by atoms with van der Waals surface area (Å²) in [5.74, 6) is 0.761. The van der Waals surface area contributed by atoms with E-state index in [1.165, 1.54) is 25.7 Å². The molecule has 0 radical (unpaired) electrons. The molecule has 1 N–H and O–H groups in total. The van der Waals surface area contributed by atoms with E-state index in [-0.39, 0.29) is 12.1 Å². The van der Waals surface area contributed by atoms with Gasteiger partial charge in [0.05, 0.1) is 12.1 Å². The quantitative estimate of drug-likeness (QED) is 0.746. The maximum Gasteiger partial charge on any atom is 0.152 e. The standard InChI is InChI=1S/C13H23NO2/c1-16-11-8-12(14-9-11)13(15)10-6-4-2-3-5-7-10/h10-12,14H,2-9H2,1H3. The molecule has 0 aromatic carbocycles. The first kappa shape index (κ1) is 12.1. The highest BCUT2D eigenvalue weighted by atomic mass is 16.5. The number of carbonyl (C=O) groups is 1. The van der Waals surface area contributed by atoms with Crippen molar-refractivity contribution in [2.24, 2.45) is 5.92 Å². The van der Waals surface area contributed by atoms with Gasteiger partial charge in [-0.25, -0.2) is 0 Å². The third-order valence-electron chi connectivity index (χ3n) is 4.02. The van der Waals surface area contributed by atoms with Crippen molar-refractivity contribution in [1.82, 2.24) is 5.32 Å². The Bertz CT molecular complexity index is 234. The van der Waals surface area contributed by atoms with Crippen LogP contribution >= 0.6 is 0 Å². The number of ketones is 1. The Kier molecular flexibility index (Phi) is 4.36. The maximum absolute atomic E-state index is 12.3. The van der Waals surface area contributed by atoms with Gasteiger partial charge in [-0.05, 0) is 19.3 Å². The summed E-state index contributed by atoms with van der Waals surface area (Å²) in [4.78, 5) is 12.3. The Morgan fingerprint density at radius 2 is 1.88 bits per heavy atom. The van der Waals surface area contributed by atoms with E-state index in [1.54, 1.807) is 7.11 Å². The van der Waals surface area contributed by atoms with Crippen LogP contribution in [0.1, 0.15) is 44.9 Å². The van der Waals surface area contributed by atoms with Crippen LogP contribution in [0.15, 0.2) is 0 Å². The van der Waals surface area contributed by atoms with Gasteiger partial charge in [0.15, 0.2) is 5.78 Å². The van der Waals surface area contributed by atoms with Gasteiger partial charge in [0.1, 0.15) is 0 Å². The Morgan fingerprint density at radius 3 is 2.44 bits per heavy atom. The Morgan fingerprint density at radius 1 is 1.19 bits per heavy atom. The normalized spacial score (nSPS) is 32.6. The highest BCUT2D eigenvalue weighted by Crippen LogP contribution is 2.26. The number of rotatable bonds is 3. The lowest BCUT2D eigenvalue weighted by Gasteiger charge is -2.17. The highest BCUT2D eigenvalue weighted by Gasteiger charge is 2.33. The zero-order valence-corrected chi connectivity index (χ0v) is 10.2. The number of carbonyl (C=O) groups excluding carboxylic acids is 1. The zero-order valence-electron chi connectivity index (χ0n) is 10.2. The zero-order chi connectivity index (χ0) is 11.4. The molecule has 0 aromatic rings. The summed E-state index contributed by atoms with van der Waals surface area (Å²) in [6.45, 7) is 0.833. The second-order valence-electron chi connectivity index (χ2n) is 5.15. The van der Waals surface area contributed by atoms with Crippen LogP contribution in [-0.2, 0) is 9.53 Å². The van der Waals surface area contributed by atoms with Crippen molar-refractivity contribution in [2.45, 2.75) is 57.1 Å². The predicted octanol–water partition coefficient (Wildman–Crippen LogP) is 1.90. The number of Topliss-reactive ketones (excluding diaryl/α,β-unsaturated/α-hetero) is 1. The van der Waals surface area contributed by atoms with Crippen molar-refractivity contribution >= 4 is 5.78 Å². The average Bonchev–Trinajstić information content (AvgIpc) is 2.62. The molecule has 3 heteroatoms. The Labute approximate surface area is 97.9 Å². The molecule has 16 heavy (non-hydrogen) atoms. The van der Waals surface area contributed by atoms with E-state index in [4.69, 9.17) is 4.74 Å². The van der Waals surface area contributed by atoms with Crippen LogP contribution in [0.3, 0.4) is 0 Å². The van der Waals surface area contributed by atoms with Gasteiger partial charge < -0.3 is 10.1 Å². The van der Waals surface area contributed by atoms with E-state index < -0.39 is 0 Å². The summed E-state index contributed by atoms with van der Waals surface area (Å²) in [6.07, 6.45) is 8.40. The third-order valence-corrected chi connectivity index (χ3v) is 4.02. The van der Waals surface area contributed by atoms with Crippen molar-refractivity contribution in [3.63, 3.8) is 0 Å². The van der Waals surface area contributed by atoms with Crippen LogP contribution in [0.25, 0.3) is 0 Å². The summed E-state index contributed by atoms with van der Waals surface area (Å²) in [5, 5.41) is 3.30. The van der Waals surface area contributed by atoms with Gasteiger partial charge in [0, 0.05) is 19.6 Å². The van der Waals surface area contributed by atoms with Crippen molar-refractivity contribution in [2.75, 3.05) is 13.7 Å². The molecule has 1 aliphatic heterocycles. The number of hydrogen-bond acceptors (Lipinski definition) is 3. The first-order chi connectivity index (χ1) is 7.81. The van der Waals surface area contributed by atoms with Crippen LogP contribution < -0.4 is 5.32 Å². The summed E-state index contributed by atoms with van der Waals surface area (Å²) in [6, 6.07) is 0.0630. The molecule has 0 aromatic heterocycles. The van der Waals surface area contributed by atoms with Gasteiger partial charge in [0.2, 0.25) is 0 Å². The third kappa shape index (κ3) is 2.83. The molecule has 2 atom stereocenters. The monoisotopic (exact) mass is 225 g/mol. The molecule has 92 valence electrons. The smallest absolute Gasteiger partial charge is 0.152 e. The number of hydrogen-bond donors (Lipinski definition) is 1. The van der Waals surface area contributed by atoms with E-state index in [2.05, 4.69) is 5.32 Å². The summed E-state index contributed by atoms with van der Waals surface area (Å²) < 4.78 is 5.29. The fourth-order valence-corrected chi connectivity index (χ4v) is 2.95. The summed E-state index contributed by atoms with van der Waals surface area (Å²) in [5.41, 5.74) is 0. The van der Waals surface area contributed by atoms with E-state index in [0.29, 0.717) is 11.7 Å². The molecule has 0 spiro atoms. The van der Waals surface area contributed by atoms with Crippen LogP contribution in [0.5, 0.6) is 0 Å². The topological polar surface area (TPSA) is 38.3 Å². The van der Waals surface area contributed by atoms with Gasteiger partial charge in [0.25, 0.3) is 0 Å². The Balaban J connectivity index is 1.86. The van der Waals surface area contributed by atoms with Gasteiger partial charge >= 0.3 is 0 Å². The van der Waals surface area contributed by atoms with E-state index in [9.17, 15) is 4.79 Å². The molecular weight excluding hydrogens is 202 g/mol. The van der Waals surface area contributed by atoms with Crippen LogP contribution in [0, 0.1) is 5.92 Å². The molecule has 1 heterocycles. The van der Waals surface area contributed by atoms with E-state index >= 15 is 0 Å². The number of nitrogens with one attached hydrogen (secondary N) is 1. The summed E-state index contributed by atoms with van der Waals surface area (Å²) >= 11 is 0. The molecule has 2 fully saturated rings. The first-order valence-corrected chi connectivity index (χ1v) is 6.61. The van der Waals surface area contributed by atoms with Gasteiger partial charge in [-0.2, -0.15) is 0 Å². The molecule has 1 saturated carbocycles. The minimum Gasteiger partial charge on any atom is -0.380 e. The lowest BCUT2D eigenvalue weighted by Crippen LogP contribution is -2.35. The van der Waals surface area contributed by atoms with Gasteiger partial charge in [-0.3, -0.25) is 4.79 Å². The minimum absolute atomic E-state index is 0.0630. The van der Waals surface area contributed by atoms with Crippen LogP contribution in [0.2, 0.25) is 0 Å². The number of methoxy groups -OCH3 is 1. The van der Waals surface area contributed by atoms with Crippen molar-refractivity contribution in [1.29, 1.82) is 0 Å². The van der Waals surface area contributed by atoms with E-state index in [1.807, 2.05) is 0 Å². The van der Waals surface area contributed by atoms with Crippen LogP contribution in [-0.4, -0.2) is 31.6 Å². The van der Waals surface area contributed by atoms with E-state index in [0.717, 1.165) is 25.8 Å². The molecular formula is C13H23NO2. The minimum atomic E-state index is 0.0630. The summed E-state index contributed by atoms with van der Waals surface area (Å²) in [7, 11) is 1.73. The largest absolute Gasteiger partial charge is 0.380 e. The van der Waals surface area contributed by atoms with Crippen LogP contribution in [0.4, 0.5) is 0 Å². The Hall–Kier alpha value is -0.410. The molecule has 0 amide bonds. The fourth-order valence-electron chi connectivity index (χ4n) is 2.95. The first-order valence-electron chi connectivity index (χ1n) is 6.61. The average molecular weight is 225 g/mol. The van der Waals surface area contributed by atoms with Gasteiger partial charge in [-0.1, -0.05) is 25.7 Å². The van der Waals surface area contributed by atoms with Gasteiger partial charge in [-0.15, -0.1) is 0 Å². The lowest BCUT2D eigenvalue weighted by atomic mass is 9.90. The second-order valence-corrected chi connectivity index (χ2v) is 5.15. The molecule has 1 aliphatic carbocycles. The molecule has 2 aliphatic rings. The molecule has 2 rings (SSSR count). The van der Waals surface area contributed by atoms with Crippen molar-refractivity contribution in [3.05, 3.63) is 0 Å². The van der Waals surface area contributed by atoms with Crippen molar-refractivity contribution in [3.8, 4) is 0 Å². The highest BCUT2D eigenvalue weighted by molar-refractivity contribution is 5.86. The molecule has 2 unspecified atom stereocenters. The molecule has 0 bridgehead atoms. The lowest BCUT2D eigenvalue weighted by molar-refractivity contribution is -0.125. The second kappa shape index (κ2) is 5.78. The predicted molar refractivity (Wildman–Crippen MR) is 63.4 cm³/mol. The maximum atomic E-state index is 12.3. The fraction of sp³-hybridized carbons (Fsp3) is 0.923. The SMILES string of the molecule is COC1CNC(C(=O)C2CCCCCC2)C1.